The van der Waals surface area contributed by atoms with Gasteiger partial charge in [0, 0.05) is 19.6 Å². The lowest BCUT2D eigenvalue weighted by atomic mass is 9.94. The Morgan fingerprint density at radius 2 is 1.85 bits per heavy atom. The number of amides is 1. The summed E-state index contributed by atoms with van der Waals surface area (Å²) in [6.07, 6.45) is 5.64. The van der Waals surface area contributed by atoms with Crippen LogP contribution in [-0.2, 0) is 14.2 Å². The molecule has 2 unspecified atom stereocenters. The van der Waals surface area contributed by atoms with Gasteiger partial charge in [0.2, 0.25) is 5.91 Å². The van der Waals surface area contributed by atoms with E-state index in [1.165, 1.54) is 0 Å². The van der Waals surface area contributed by atoms with Gasteiger partial charge in [-0.3, -0.25) is 9.59 Å². The summed E-state index contributed by atoms with van der Waals surface area (Å²) >= 11 is 0. The lowest BCUT2D eigenvalue weighted by Crippen LogP contribution is -2.45. The number of carbonyl (C=O) groups is 2. The third kappa shape index (κ3) is 8.96. The monoisotopic (exact) mass is 408 g/mol. The third-order valence-corrected chi connectivity index (χ3v) is 5.08. The van der Waals surface area contributed by atoms with Crippen molar-refractivity contribution in [3.63, 3.8) is 0 Å². The molecule has 0 saturated carbocycles. The van der Waals surface area contributed by atoms with E-state index < -0.39 is 0 Å². The predicted molar refractivity (Wildman–Crippen MR) is 111 cm³/mol. The fraction of sp³-hybridized carbons (Fsp3) is 0.889. The summed E-state index contributed by atoms with van der Waals surface area (Å²) in [6, 6.07) is 0. The molecule has 2 radical (unpaired) electrons. The Kier molecular flexibility index (Phi) is 16.6. The zero-order valence-corrected chi connectivity index (χ0v) is 18.1. The number of hydrogen-bond donors (Lipinski definition) is 0. The fourth-order valence-corrected chi connectivity index (χ4v) is 3.52. The van der Waals surface area contributed by atoms with Crippen molar-refractivity contribution >= 4 is 44.7 Å². The van der Waals surface area contributed by atoms with Gasteiger partial charge >= 0.3 is 8.05 Å². The molecule has 152 valence electrons. The van der Waals surface area contributed by atoms with E-state index in [0.717, 1.165) is 71.2 Å². The minimum Gasteiger partial charge on any atom is -0.543 e. The molecule has 0 aromatic rings. The molecule has 0 aliphatic carbocycles. The Morgan fingerprint density at radius 1 is 1.19 bits per heavy atom. The van der Waals surface area contributed by atoms with Crippen LogP contribution in [0.2, 0.25) is 0 Å². The molecular weight excluding hydrogens is 374 g/mol. The second-order valence-corrected chi connectivity index (χ2v) is 6.72. The lowest BCUT2D eigenvalue weighted by Gasteiger charge is -2.35. The van der Waals surface area contributed by atoms with Gasteiger partial charge in [0.25, 0.3) is 5.97 Å². The first-order valence-electron chi connectivity index (χ1n) is 9.48. The Hall–Kier alpha value is -0.455. The fourth-order valence-electron chi connectivity index (χ4n) is 3.52. The van der Waals surface area contributed by atoms with Crippen LogP contribution in [0.1, 0.15) is 59.3 Å². The van der Waals surface area contributed by atoms with E-state index in [4.69, 9.17) is 8.05 Å². The maximum atomic E-state index is 12.5. The first-order chi connectivity index (χ1) is 11.6. The van der Waals surface area contributed by atoms with Crippen LogP contribution in [-0.4, -0.2) is 62.4 Å². The van der Waals surface area contributed by atoms with Gasteiger partial charge in [-0.05, 0) is 52.6 Å². The highest BCUT2D eigenvalue weighted by atomic mass is 35.5. The molecule has 26 heavy (non-hydrogen) atoms. The van der Waals surface area contributed by atoms with Gasteiger partial charge in [0.15, 0.2) is 0 Å². The van der Waals surface area contributed by atoms with E-state index in [0.29, 0.717) is 0 Å². The standard InChI is InChI=1S/C18H33BN2O3.2ClH/c1-4-7-9-15(18(23)24-19)11-13-20-12-8-10-16(14-20)17(22)21(5-2)6-3;;/h15-16H,4-14H2,1-3H3;2*1H. The Bertz CT molecular complexity index is 399. The van der Waals surface area contributed by atoms with E-state index in [2.05, 4.69) is 16.5 Å². The number of hydrogen-bond acceptors (Lipinski definition) is 4. The van der Waals surface area contributed by atoms with Crippen LogP contribution < -0.4 is 0 Å². The zero-order valence-electron chi connectivity index (χ0n) is 16.4. The molecule has 0 aromatic heterocycles. The summed E-state index contributed by atoms with van der Waals surface area (Å²) in [4.78, 5) is 28.6. The van der Waals surface area contributed by atoms with Crippen molar-refractivity contribution in [2.75, 3.05) is 32.7 Å². The van der Waals surface area contributed by atoms with Crippen molar-refractivity contribution in [2.45, 2.75) is 59.3 Å². The summed E-state index contributed by atoms with van der Waals surface area (Å²) in [5.74, 6) is -0.0761. The quantitative estimate of drug-likeness (QED) is 0.520. The van der Waals surface area contributed by atoms with E-state index in [-0.39, 0.29) is 48.5 Å². The van der Waals surface area contributed by atoms with Gasteiger partial charge in [0.05, 0.1) is 11.8 Å². The molecule has 0 aromatic carbocycles. The molecule has 1 amide bonds. The number of rotatable bonds is 10. The first kappa shape index (κ1) is 27.8. The molecule has 1 heterocycles. The Balaban J connectivity index is 0. The second kappa shape index (κ2) is 15.6. The summed E-state index contributed by atoms with van der Waals surface area (Å²) in [6.45, 7) is 10.3. The van der Waals surface area contributed by atoms with E-state index in [1.54, 1.807) is 0 Å². The molecule has 0 bridgehead atoms. The normalized spacial score (nSPS) is 18.2. The number of piperidine rings is 1. The van der Waals surface area contributed by atoms with Gasteiger partial charge in [-0.15, -0.1) is 24.8 Å². The first-order valence-corrected chi connectivity index (χ1v) is 9.48. The molecule has 1 saturated heterocycles. The molecule has 1 fully saturated rings. The summed E-state index contributed by atoms with van der Waals surface area (Å²) < 4.78 is 4.45. The maximum absolute atomic E-state index is 12.5. The third-order valence-electron chi connectivity index (χ3n) is 5.08. The molecule has 0 N–H and O–H groups in total. The molecule has 5 nitrogen and oxygen atoms in total. The van der Waals surface area contributed by atoms with Crippen LogP contribution in [0.3, 0.4) is 0 Å². The van der Waals surface area contributed by atoms with Crippen molar-refractivity contribution in [1.82, 2.24) is 9.80 Å². The molecule has 0 spiro atoms. The average molecular weight is 409 g/mol. The van der Waals surface area contributed by atoms with Crippen LogP contribution in [0.5, 0.6) is 0 Å². The zero-order chi connectivity index (χ0) is 17.9. The Labute approximate surface area is 172 Å². The molecule has 1 aliphatic rings. The van der Waals surface area contributed by atoms with Gasteiger partial charge < -0.3 is 14.5 Å². The highest BCUT2D eigenvalue weighted by Gasteiger charge is 2.29. The number of carbonyl (C=O) groups excluding carboxylic acids is 2. The topological polar surface area (TPSA) is 49.9 Å². The van der Waals surface area contributed by atoms with Crippen LogP contribution in [0.25, 0.3) is 0 Å². The minimum absolute atomic E-state index is 0. The van der Waals surface area contributed by atoms with Gasteiger partial charge in [0.1, 0.15) is 0 Å². The molecule has 8 heteroatoms. The van der Waals surface area contributed by atoms with E-state index in [9.17, 15) is 9.59 Å². The van der Waals surface area contributed by atoms with Crippen LogP contribution in [0.15, 0.2) is 0 Å². The maximum Gasteiger partial charge on any atom is 0.378 e. The minimum atomic E-state index is -0.309. The smallest absolute Gasteiger partial charge is 0.378 e. The van der Waals surface area contributed by atoms with Crippen molar-refractivity contribution in [3.8, 4) is 0 Å². The summed E-state index contributed by atoms with van der Waals surface area (Å²) in [5.41, 5.74) is 0. The van der Waals surface area contributed by atoms with E-state index in [1.807, 2.05) is 18.7 Å². The van der Waals surface area contributed by atoms with Gasteiger partial charge in [-0.2, -0.15) is 0 Å². The van der Waals surface area contributed by atoms with Gasteiger partial charge in [-0.1, -0.05) is 19.8 Å². The van der Waals surface area contributed by atoms with Crippen LogP contribution >= 0.6 is 24.8 Å². The van der Waals surface area contributed by atoms with Crippen LogP contribution in [0.4, 0.5) is 0 Å². The Morgan fingerprint density at radius 3 is 2.38 bits per heavy atom. The number of likely N-dealkylation sites (tertiary alicyclic amines) is 1. The number of nitrogens with zero attached hydrogens (tertiary/aromatic N) is 2. The van der Waals surface area contributed by atoms with E-state index >= 15 is 0 Å². The van der Waals surface area contributed by atoms with Crippen molar-refractivity contribution in [2.24, 2.45) is 11.8 Å². The second-order valence-electron chi connectivity index (χ2n) is 6.72. The molecule has 1 rings (SSSR count). The highest BCUT2D eigenvalue weighted by molar-refractivity contribution is 6.05. The van der Waals surface area contributed by atoms with Gasteiger partial charge in [-0.25, -0.2) is 0 Å². The van der Waals surface area contributed by atoms with Crippen LogP contribution in [0, 0.1) is 11.8 Å². The number of halogens is 2. The van der Waals surface area contributed by atoms with Crippen molar-refractivity contribution in [3.05, 3.63) is 0 Å². The lowest BCUT2D eigenvalue weighted by molar-refractivity contribution is -0.140. The van der Waals surface area contributed by atoms with Crippen molar-refractivity contribution < 1.29 is 14.2 Å². The summed E-state index contributed by atoms with van der Waals surface area (Å²) in [7, 11) is 5.07. The number of unbranched alkanes of at least 4 members (excludes halogenated alkanes) is 1. The highest BCUT2D eigenvalue weighted by Crippen LogP contribution is 2.21. The molecular formula is C18H35BCl2N2O3. The average Bonchev–Trinajstić information content (AvgIpc) is 2.62. The van der Waals surface area contributed by atoms with Crippen molar-refractivity contribution in [1.29, 1.82) is 0 Å². The largest absolute Gasteiger partial charge is 0.543 e. The SMILES string of the molecule is Cl.Cl.[B]OC(=O)C(CCCC)CCN1CCCC(C(=O)N(CC)CC)C1. The molecule has 2 atom stereocenters. The predicted octanol–water partition coefficient (Wildman–Crippen LogP) is 3.23. The molecule has 1 aliphatic heterocycles. The summed E-state index contributed by atoms with van der Waals surface area (Å²) in [5, 5.41) is 0.